The minimum atomic E-state index is 0.933. The van der Waals surface area contributed by atoms with E-state index in [1.807, 2.05) is 18.5 Å². The standard InChI is InChI=1S/C8H8N2/c1-2-5-9-8-7(3-1)4-6-10-8/h1,3-6,10H,2H2. The maximum atomic E-state index is 4.20. The summed E-state index contributed by atoms with van der Waals surface area (Å²) in [7, 11) is 0. The molecule has 2 nitrogen and oxygen atoms in total. The quantitative estimate of drug-likeness (QED) is 0.560. The Bertz CT molecular complexity index is 255. The number of aromatic nitrogens is 1. The third-order valence-electron chi connectivity index (χ3n) is 1.52. The van der Waals surface area contributed by atoms with Gasteiger partial charge in [-0.3, -0.25) is 0 Å². The van der Waals surface area contributed by atoms with Crippen LogP contribution in [0.4, 0.5) is 5.82 Å². The maximum Gasteiger partial charge on any atom is 0.136 e. The second kappa shape index (κ2) is 2.14. The fourth-order valence-electron chi connectivity index (χ4n) is 1.02. The Kier molecular flexibility index (Phi) is 1.17. The summed E-state index contributed by atoms with van der Waals surface area (Å²) < 4.78 is 0. The third kappa shape index (κ3) is 0.778. The van der Waals surface area contributed by atoms with Gasteiger partial charge in [0.05, 0.1) is 0 Å². The Hall–Kier alpha value is -1.31. The summed E-state index contributed by atoms with van der Waals surface area (Å²) in [6.07, 6.45) is 8.92. The molecule has 0 aromatic carbocycles. The van der Waals surface area contributed by atoms with Crippen molar-refractivity contribution >= 4 is 18.1 Å². The largest absolute Gasteiger partial charge is 0.346 e. The van der Waals surface area contributed by atoms with Crippen LogP contribution < -0.4 is 0 Å². The minimum Gasteiger partial charge on any atom is -0.346 e. The van der Waals surface area contributed by atoms with E-state index >= 15 is 0 Å². The van der Waals surface area contributed by atoms with E-state index in [4.69, 9.17) is 0 Å². The molecule has 0 bridgehead atoms. The Morgan fingerprint density at radius 1 is 1.50 bits per heavy atom. The van der Waals surface area contributed by atoms with Crippen LogP contribution in [-0.2, 0) is 0 Å². The molecular weight excluding hydrogens is 124 g/mol. The van der Waals surface area contributed by atoms with Crippen molar-refractivity contribution in [1.29, 1.82) is 0 Å². The molecule has 1 aromatic heterocycles. The van der Waals surface area contributed by atoms with Gasteiger partial charge < -0.3 is 4.98 Å². The van der Waals surface area contributed by atoms with Gasteiger partial charge in [0.1, 0.15) is 5.82 Å². The maximum absolute atomic E-state index is 4.20. The summed E-state index contributed by atoms with van der Waals surface area (Å²) in [4.78, 5) is 7.25. The number of rotatable bonds is 0. The zero-order valence-electron chi connectivity index (χ0n) is 5.54. The molecule has 0 unspecified atom stereocenters. The number of hydrogen-bond acceptors (Lipinski definition) is 1. The number of hydrogen-bond donors (Lipinski definition) is 1. The monoisotopic (exact) mass is 132 g/mol. The minimum absolute atomic E-state index is 0.933. The van der Waals surface area contributed by atoms with Crippen LogP contribution in [0, 0.1) is 0 Å². The molecule has 10 heavy (non-hydrogen) atoms. The van der Waals surface area contributed by atoms with Crippen LogP contribution in [0.1, 0.15) is 12.0 Å². The van der Waals surface area contributed by atoms with Crippen LogP contribution in [-0.4, -0.2) is 11.2 Å². The molecule has 0 saturated heterocycles. The molecule has 0 saturated carbocycles. The van der Waals surface area contributed by atoms with Gasteiger partial charge >= 0.3 is 0 Å². The van der Waals surface area contributed by atoms with Gasteiger partial charge in [0, 0.05) is 24.4 Å². The van der Waals surface area contributed by atoms with Crippen molar-refractivity contribution in [3.05, 3.63) is 23.9 Å². The van der Waals surface area contributed by atoms with Gasteiger partial charge in [-0.25, -0.2) is 4.99 Å². The molecule has 0 atom stereocenters. The number of allylic oxidation sites excluding steroid dienone is 1. The molecule has 50 valence electrons. The summed E-state index contributed by atoms with van der Waals surface area (Å²) in [5, 5.41) is 0. The lowest BCUT2D eigenvalue weighted by molar-refractivity contribution is 1.33. The highest BCUT2D eigenvalue weighted by atomic mass is 14.9. The van der Waals surface area contributed by atoms with E-state index in [2.05, 4.69) is 22.1 Å². The number of aromatic amines is 1. The number of aliphatic imine (C=N–C) groups is 1. The average Bonchev–Trinajstić information content (AvgIpc) is 2.28. The molecule has 1 aliphatic heterocycles. The lowest BCUT2D eigenvalue weighted by Gasteiger charge is -1.85. The fraction of sp³-hybridized carbons (Fsp3) is 0.125. The van der Waals surface area contributed by atoms with Gasteiger partial charge in [-0.15, -0.1) is 0 Å². The second-order valence-electron chi connectivity index (χ2n) is 2.23. The SMILES string of the molecule is C1=Cc2cc[nH]c2N=CC1. The van der Waals surface area contributed by atoms with Crippen LogP contribution in [0.5, 0.6) is 0 Å². The van der Waals surface area contributed by atoms with E-state index in [0.717, 1.165) is 12.2 Å². The molecule has 0 aliphatic carbocycles. The second-order valence-corrected chi connectivity index (χ2v) is 2.23. The normalized spacial score (nSPS) is 14.8. The fourth-order valence-corrected chi connectivity index (χ4v) is 1.02. The first-order valence-electron chi connectivity index (χ1n) is 3.33. The smallest absolute Gasteiger partial charge is 0.136 e. The Morgan fingerprint density at radius 2 is 2.50 bits per heavy atom. The predicted molar refractivity (Wildman–Crippen MR) is 42.6 cm³/mol. The first-order chi connectivity index (χ1) is 4.97. The van der Waals surface area contributed by atoms with Crippen molar-refractivity contribution in [3.63, 3.8) is 0 Å². The van der Waals surface area contributed by atoms with Crippen LogP contribution in [0.15, 0.2) is 23.3 Å². The molecule has 1 aromatic rings. The third-order valence-corrected chi connectivity index (χ3v) is 1.52. The highest BCUT2D eigenvalue weighted by Crippen LogP contribution is 2.19. The van der Waals surface area contributed by atoms with Gasteiger partial charge in [-0.2, -0.15) is 0 Å². The molecule has 0 amide bonds. The first-order valence-corrected chi connectivity index (χ1v) is 3.33. The predicted octanol–water partition coefficient (Wildman–Crippen LogP) is 2.13. The van der Waals surface area contributed by atoms with E-state index in [0.29, 0.717) is 0 Å². The number of H-pyrrole nitrogens is 1. The molecule has 0 spiro atoms. The Balaban J connectivity index is 2.56. The van der Waals surface area contributed by atoms with Crippen molar-refractivity contribution in [2.75, 3.05) is 0 Å². The van der Waals surface area contributed by atoms with Gasteiger partial charge in [0.15, 0.2) is 0 Å². The van der Waals surface area contributed by atoms with Crippen molar-refractivity contribution in [2.45, 2.75) is 6.42 Å². The molecule has 0 fully saturated rings. The topological polar surface area (TPSA) is 28.1 Å². The van der Waals surface area contributed by atoms with E-state index in [1.165, 1.54) is 5.56 Å². The number of nitrogens with one attached hydrogen (secondary N) is 1. The molecular formula is C8H8N2. The lowest BCUT2D eigenvalue weighted by atomic mass is 10.3. The number of fused-ring (bicyclic) bond motifs is 1. The molecule has 1 aliphatic rings. The summed E-state index contributed by atoms with van der Waals surface area (Å²) in [5.74, 6) is 0.966. The molecule has 2 rings (SSSR count). The Labute approximate surface area is 59.3 Å². The van der Waals surface area contributed by atoms with Gasteiger partial charge in [0.25, 0.3) is 0 Å². The van der Waals surface area contributed by atoms with Crippen LogP contribution >= 0.6 is 0 Å². The molecule has 0 radical (unpaired) electrons. The molecule has 2 heteroatoms. The van der Waals surface area contributed by atoms with Crippen molar-refractivity contribution in [1.82, 2.24) is 4.98 Å². The zero-order chi connectivity index (χ0) is 6.81. The number of nitrogens with zero attached hydrogens (tertiary/aromatic N) is 1. The highest BCUT2D eigenvalue weighted by molar-refractivity contribution is 5.73. The lowest BCUT2D eigenvalue weighted by Crippen LogP contribution is -1.65. The Morgan fingerprint density at radius 3 is 3.50 bits per heavy atom. The highest BCUT2D eigenvalue weighted by Gasteiger charge is 1.98. The van der Waals surface area contributed by atoms with E-state index in [-0.39, 0.29) is 0 Å². The van der Waals surface area contributed by atoms with Gasteiger partial charge in [-0.05, 0) is 6.07 Å². The van der Waals surface area contributed by atoms with Crippen molar-refractivity contribution in [2.24, 2.45) is 4.99 Å². The van der Waals surface area contributed by atoms with Crippen molar-refractivity contribution in [3.8, 4) is 0 Å². The van der Waals surface area contributed by atoms with E-state index in [9.17, 15) is 0 Å². The van der Waals surface area contributed by atoms with Gasteiger partial charge in [-0.1, -0.05) is 12.2 Å². The summed E-state index contributed by atoms with van der Waals surface area (Å²) >= 11 is 0. The molecule has 1 N–H and O–H groups in total. The van der Waals surface area contributed by atoms with Gasteiger partial charge in [0.2, 0.25) is 0 Å². The first kappa shape index (κ1) is 5.47. The average molecular weight is 132 g/mol. The summed E-state index contributed by atoms with van der Waals surface area (Å²) in [6, 6.07) is 2.02. The summed E-state index contributed by atoms with van der Waals surface area (Å²) in [6.45, 7) is 0. The zero-order valence-corrected chi connectivity index (χ0v) is 5.54. The van der Waals surface area contributed by atoms with Crippen LogP contribution in [0.3, 0.4) is 0 Å². The van der Waals surface area contributed by atoms with Crippen LogP contribution in [0.2, 0.25) is 0 Å². The van der Waals surface area contributed by atoms with Crippen LogP contribution in [0.25, 0.3) is 6.08 Å². The molecule has 2 heterocycles. The van der Waals surface area contributed by atoms with Crippen molar-refractivity contribution < 1.29 is 0 Å². The van der Waals surface area contributed by atoms with E-state index < -0.39 is 0 Å². The van der Waals surface area contributed by atoms with E-state index in [1.54, 1.807) is 0 Å². The summed E-state index contributed by atoms with van der Waals surface area (Å²) in [5.41, 5.74) is 1.17.